The van der Waals surface area contributed by atoms with Crippen molar-refractivity contribution in [3.63, 3.8) is 0 Å². The lowest BCUT2D eigenvalue weighted by Crippen LogP contribution is -2.44. The minimum Gasteiger partial charge on any atom is -0.482 e. The Morgan fingerprint density at radius 1 is 1.43 bits per heavy atom. The Morgan fingerprint density at radius 2 is 2.18 bits per heavy atom. The third kappa shape index (κ3) is 4.33. The van der Waals surface area contributed by atoms with Crippen LogP contribution in [0.2, 0.25) is 5.15 Å². The molecule has 0 spiro atoms. The first kappa shape index (κ1) is 19.9. The molecule has 9 heteroatoms. The van der Waals surface area contributed by atoms with Crippen LogP contribution in [0.25, 0.3) is 0 Å². The van der Waals surface area contributed by atoms with Crippen LogP contribution in [-0.2, 0) is 16.1 Å². The number of rotatable bonds is 6. The SMILES string of the molecule is Cc1nn(CC(C)C)c(Cl)c1/C=N\NC(=O)CN1C(=O)COc2ccccc21. The number of nitrogens with one attached hydrogen (secondary N) is 1. The first-order valence-electron chi connectivity index (χ1n) is 8.93. The van der Waals surface area contributed by atoms with E-state index in [-0.39, 0.29) is 19.1 Å². The van der Waals surface area contributed by atoms with Crippen LogP contribution >= 0.6 is 11.6 Å². The summed E-state index contributed by atoms with van der Waals surface area (Å²) in [6, 6.07) is 7.08. The normalized spacial score (nSPS) is 13.8. The molecule has 148 valence electrons. The summed E-state index contributed by atoms with van der Waals surface area (Å²) in [5.41, 5.74) is 4.37. The lowest BCUT2D eigenvalue weighted by Gasteiger charge is -2.28. The summed E-state index contributed by atoms with van der Waals surface area (Å²) in [5.74, 6) is 0.255. The van der Waals surface area contributed by atoms with Crippen LogP contribution in [0.3, 0.4) is 0 Å². The van der Waals surface area contributed by atoms with E-state index in [4.69, 9.17) is 16.3 Å². The van der Waals surface area contributed by atoms with Crippen molar-refractivity contribution in [2.45, 2.75) is 27.3 Å². The van der Waals surface area contributed by atoms with E-state index in [9.17, 15) is 9.59 Å². The summed E-state index contributed by atoms with van der Waals surface area (Å²) in [7, 11) is 0. The predicted octanol–water partition coefficient (Wildman–Crippen LogP) is 2.38. The molecule has 3 rings (SSSR count). The van der Waals surface area contributed by atoms with E-state index in [2.05, 4.69) is 29.5 Å². The molecule has 1 aliphatic heterocycles. The Kier molecular flexibility index (Phi) is 5.99. The third-order valence-electron chi connectivity index (χ3n) is 4.14. The van der Waals surface area contributed by atoms with Gasteiger partial charge in [0.25, 0.3) is 11.8 Å². The highest BCUT2D eigenvalue weighted by Crippen LogP contribution is 2.31. The van der Waals surface area contributed by atoms with E-state index in [1.165, 1.54) is 11.1 Å². The third-order valence-corrected chi connectivity index (χ3v) is 4.54. The van der Waals surface area contributed by atoms with Gasteiger partial charge >= 0.3 is 0 Å². The van der Waals surface area contributed by atoms with Crippen LogP contribution in [0.4, 0.5) is 5.69 Å². The fraction of sp³-hybridized carbons (Fsp3) is 0.368. The largest absolute Gasteiger partial charge is 0.482 e. The monoisotopic (exact) mass is 403 g/mol. The second-order valence-corrected chi connectivity index (χ2v) is 7.25. The quantitative estimate of drug-likeness (QED) is 0.592. The molecule has 0 radical (unpaired) electrons. The number of fused-ring (bicyclic) bond motifs is 1. The number of aryl methyl sites for hydroxylation is 1. The zero-order chi connectivity index (χ0) is 20.3. The molecular formula is C19H22ClN5O3. The van der Waals surface area contributed by atoms with Gasteiger partial charge < -0.3 is 4.74 Å². The number of anilines is 1. The highest BCUT2D eigenvalue weighted by atomic mass is 35.5. The van der Waals surface area contributed by atoms with Crippen LogP contribution in [0.1, 0.15) is 25.1 Å². The molecule has 0 atom stereocenters. The van der Waals surface area contributed by atoms with Crippen molar-refractivity contribution in [1.82, 2.24) is 15.2 Å². The summed E-state index contributed by atoms with van der Waals surface area (Å²) in [6.07, 6.45) is 1.47. The van der Waals surface area contributed by atoms with Gasteiger partial charge in [0.2, 0.25) is 0 Å². The Balaban J connectivity index is 1.65. The van der Waals surface area contributed by atoms with E-state index < -0.39 is 5.91 Å². The predicted molar refractivity (Wildman–Crippen MR) is 107 cm³/mol. The van der Waals surface area contributed by atoms with Crippen LogP contribution in [-0.4, -0.2) is 41.0 Å². The van der Waals surface area contributed by atoms with Crippen molar-refractivity contribution < 1.29 is 14.3 Å². The smallest absolute Gasteiger partial charge is 0.265 e. The minimum absolute atomic E-state index is 0.0998. The van der Waals surface area contributed by atoms with Gasteiger partial charge in [-0.2, -0.15) is 10.2 Å². The Hall–Kier alpha value is -2.87. The van der Waals surface area contributed by atoms with E-state index in [1.54, 1.807) is 22.9 Å². The average molecular weight is 404 g/mol. The first-order chi connectivity index (χ1) is 13.4. The lowest BCUT2D eigenvalue weighted by molar-refractivity contribution is -0.125. The molecule has 2 aromatic rings. The number of aromatic nitrogens is 2. The number of carbonyl (C=O) groups excluding carboxylic acids is 2. The summed E-state index contributed by atoms with van der Waals surface area (Å²) >= 11 is 6.35. The molecule has 0 fully saturated rings. The molecule has 28 heavy (non-hydrogen) atoms. The first-order valence-corrected chi connectivity index (χ1v) is 9.31. The van der Waals surface area contributed by atoms with Gasteiger partial charge in [0.15, 0.2) is 6.61 Å². The van der Waals surface area contributed by atoms with Crippen LogP contribution < -0.4 is 15.1 Å². The number of hydrazone groups is 1. The van der Waals surface area contributed by atoms with Gasteiger partial charge in [0.05, 0.1) is 23.2 Å². The van der Waals surface area contributed by atoms with E-state index >= 15 is 0 Å². The van der Waals surface area contributed by atoms with E-state index in [0.717, 1.165) is 5.69 Å². The molecule has 2 amide bonds. The summed E-state index contributed by atoms with van der Waals surface area (Å²) in [4.78, 5) is 25.8. The van der Waals surface area contributed by atoms with Crippen molar-refractivity contribution in [3.8, 4) is 5.75 Å². The number of amides is 2. The van der Waals surface area contributed by atoms with Crippen molar-refractivity contribution >= 4 is 35.3 Å². The summed E-state index contributed by atoms with van der Waals surface area (Å²) < 4.78 is 7.08. The maximum absolute atomic E-state index is 12.3. The maximum Gasteiger partial charge on any atom is 0.265 e. The highest BCUT2D eigenvalue weighted by Gasteiger charge is 2.26. The van der Waals surface area contributed by atoms with Crippen molar-refractivity contribution in [2.24, 2.45) is 11.0 Å². The number of para-hydroxylation sites is 2. The molecule has 1 aliphatic rings. The van der Waals surface area contributed by atoms with Crippen molar-refractivity contribution in [2.75, 3.05) is 18.1 Å². The number of halogens is 1. The maximum atomic E-state index is 12.3. The molecule has 0 saturated carbocycles. The number of ether oxygens (including phenoxy) is 1. The topological polar surface area (TPSA) is 88.8 Å². The van der Waals surface area contributed by atoms with Gasteiger partial charge in [0, 0.05) is 6.54 Å². The molecule has 1 N–H and O–H groups in total. The zero-order valence-electron chi connectivity index (χ0n) is 16.0. The van der Waals surface area contributed by atoms with Gasteiger partial charge in [-0.05, 0) is 25.0 Å². The molecule has 1 aromatic heterocycles. The Morgan fingerprint density at radius 3 is 2.93 bits per heavy atom. The molecule has 0 saturated heterocycles. The number of nitrogens with zero attached hydrogens (tertiary/aromatic N) is 4. The fourth-order valence-corrected chi connectivity index (χ4v) is 3.15. The second kappa shape index (κ2) is 8.43. The van der Waals surface area contributed by atoms with Gasteiger partial charge in [-0.15, -0.1) is 0 Å². The summed E-state index contributed by atoms with van der Waals surface area (Å²) in [6.45, 7) is 6.42. The van der Waals surface area contributed by atoms with Crippen LogP contribution in [0, 0.1) is 12.8 Å². The standard InChI is InChI=1S/C19H22ClN5O3/c1-12(2)9-25-19(20)14(13(3)23-25)8-21-22-17(26)10-24-15-6-4-5-7-16(15)28-11-18(24)27/h4-8,12H,9-11H2,1-3H3,(H,22,26)/b21-8-. The second-order valence-electron chi connectivity index (χ2n) is 6.90. The zero-order valence-corrected chi connectivity index (χ0v) is 16.7. The van der Waals surface area contributed by atoms with Gasteiger partial charge in [0.1, 0.15) is 17.4 Å². The number of hydrogen-bond acceptors (Lipinski definition) is 5. The minimum atomic E-state index is -0.426. The molecule has 2 heterocycles. The Labute approximate surface area is 168 Å². The highest BCUT2D eigenvalue weighted by molar-refractivity contribution is 6.32. The number of carbonyl (C=O) groups is 2. The van der Waals surface area contributed by atoms with E-state index in [1.807, 2.05) is 13.0 Å². The lowest BCUT2D eigenvalue weighted by atomic mass is 10.2. The summed E-state index contributed by atoms with van der Waals surface area (Å²) in [5, 5.41) is 8.83. The average Bonchev–Trinajstić information content (AvgIpc) is 2.91. The van der Waals surface area contributed by atoms with Gasteiger partial charge in [-0.1, -0.05) is 37.6 Å². The van der Waals surface area contributed by atoms with Gasteiger partial charge in [-0.25, -0.2) is 5.43 Å². The van der Waals surface area contributed by atoms with Crippen LogP contribution in [0.15, 0.2) is 29.4 Å². The number of benzene rings is 1. The van der Waals surface area contributed by atoms with Crippen molar-refractivity contribution in [1.29, 1.82) is 0 Å². The molecule has 0 bridgehead atoms. The van der Waals surface area contributed by atoms with Crippen LogP contribution in [0.5, 0.6) is 5.75 Å². The van der Waals surface area contributed by atoms with Crippen molar-refractivity contribution in [3.05, 3.63) is 40.7 Å². The van der Waals surface area contributed by atoms with E-state index in [0.29, 0.717) is 34.6 Å². The molecule has 0 unspecified atom stereocenters. The fourth-order valence-electron chi connectivity index (χ4n) is 2.86. The molecule has 0 aliphatic carbocycles. The number of hydrogen-bond donors (Lipinski definition) is 1. The molecule has 1 aromatic carbocycles. The molecule has 8 nitrogen and oxygen atoms in total. The molecular weight excluding hydrogens is 382 g/mol. The van der Waals surface area contributed by atoms with Gasteiger partial charge in [-0.3, -0.25) is 19.2 Å². The Bertz CT molecular complexity index is 922.